The second-order valence-electron chi connectivity index (χ2n) is 3.82. The van der Waals surface area contributed by atoms with Gasteiger partial charge in [-0.05, 0) is 33.3 Å². The molecule has 0 aromatic rings. The van der Waals surface area contributed by atoms with Gasteiger partial charge in [0.2, 0.25) is 0 Å². The molecule has 0 rings (SSSR count). The fourth-order valence-corrected chi connectivity index (χ4v) is 1.18. The number of rotatable bonds is 5. The predicted octanol–water partition coefficient (Wildman–Crippen LogP) is 3.75. The third kappa shape index (κ3) is 3.82. The molecule has 0 saturated heterocycles. The lowest BCUT2D eigenvalue weighted by Crippen LogP contribution is -2.25. The largest absolute Gasteiger partial charge is 0.372 e. The van der Waals surface area contributed by atoms with Crippen molar-refractivity contribution in [2.24, 2.45) is 0 Å². The van der Waals surface area contributed by atoms with Crippen LogP contribution in [0.5, 0.6) is 0 Å². The van der Waals surface area contributed by atoms with Gasteiger partial charge in [0.25, 0.3) is 0 Å². The molecule has 14 heavy (non-hydrogen) atoms. The highest BCUT2D eigenvalue weighted by Gasteiger charge is 2.07. The third-order valence-corrected chi connectivity index (χ3v) is 2.51. The van der Waals surface area contributed by atoms with Crippen LogP contribution in [0, 0.1) is 0 Å². The molecule has 0 aliphatic rings. The minimum atomic E-state index is 0.529. The highest BCUT2D eigenvalue weighted by Crippen LogP contribution is 2.15. The van der Waals surface area contributed by atoms with Gasteiger partial charge in [-0.1, -0.05) is 31.2 Å². The van der Waals surface area contributed by atoms with Crippen molar-refractivity contribution in [2.45, 2.75) is 40.2 Å². The Balaban J connectivity index is 4.90. The Labute approximate surface area is 88.8 Å². The van der Waals surface area contributed by atoms with Crippen LogP contribution in [0.2, 0.25) is 0 Å². The summed E-state index contributed by atoms with van der Waals surface area (Å²) in [7, 11) is 2.13. The summed E-state index contributed by atoms with van der Waals surface area (Å²) in [6.07, 6.45) is 7.03. The van der Waals surface area contributed by atoms with Crippen LogP contribution in [0.25, 0.3) is 0 Å². The Bertz CT molecular complexity index is 234. The van der Waals surface area contributed by atoms with Crippen molar-refractivity contribution in [3.05, 3.63) is 36.1 Å². The van der Waals surface area contributed by atoms with Gasteiger partial charge in [-0.2, -0.15) is 0 Å². The van der Waals surface area contributed by atoms with Gasteiger partial charge in [0.15, 0.2) is 0 Å². The van der Waals surface area contributed by atoms with Gasteiger partial charge in [-0.3, -0.25) is 0 Å². The zero-order valence-corrected chi connectivity index (χ0v) is 10.2. The molecule has 1 heteroatoms. The minimum Gasteiger partial charge on any atom is -0.372 e. The molecule has 0 fully saturated rings. The first kappa shape index (κ1) is 13.0. The number of nitrogens with zero attached hydrogens (tertiary/aromatic N) is 1. The van der Waals surface area contributed by atoms with Crippen molar-refractivity contribution in [2.75, 3.05) is 7.05 Å². The van der Waals surface area contributed by atoms with Crippen molar-refractivity contribution in [3.63, 3.8) is 0 Å². The summed E-state index contributed by atoms with van der Waals surface area (Å²) in [6, 6.07) is 0.529. The van der Waals surface area contributed by atoms with Gasteiger partial charge in [0, 0.05) is 18.8 Å². The molecule has 0 atom stereocenters. The summed E-state index contributed by atoms with van der Waals surface area (Å²) >= 11 is 0. The summed E-state index contributed by atoms with van der Waals surface area (Å²) in [5.41, 5.74) is 2.72. The second-order valence-corrected chi connectivity index (χ2v) is 3.82. The van der Waals surface area contributed by atoms with Crippen molar-refractivity contribution in [3.8, 4) is 0 Å². The predicted molar refractivity (Wildman–Crippen MR) is 65.2 cm³/mol. The molecule has 0 N–H and O–H groups in total. The van der Waals surface area contributed by atoms with E-state index in [0.717, 1.165) is 6.42 Å². The van der Waals surface area contributed by atoms with Gasteiger partial charge < -0.3 is 4.90 Å². The second kappa shape index (κ2) is 6.47. The van der Waals surface area contributed by atoms with Crippen molar-refractivity contribution in [1.29, 1.82) is 0 Å². The van der Waals surface area contributed by atoms with Crippen molar-refractivity contribution < 1.29 is 0 Å². The van der Waals surface area contributed by atoms with E-state index in [-0.39, 0.29) is 0 Å². The van der Waals surface area contributed by atoms with Crippen LogP contribution in [-0.4, -0.2) is 18.0 Å². The summed E-state index contributed by atoms with van der Waals surface area (Å²) in [6.45, 7) is 12.5. The quantitative estimate of drug-likeness (QED) is 0.601. The Morgan fingerprint density at radius 3 is 2.36 bits per heavy atom. The maximum absolute atomic E-state index is 3.69. The molecule has 1 nitrogen and oxygen atoms in total. The van der Waals surface area contributed by atoms with E-state index in [1.165, 1.54) is 11.3 Å². The van der Waals surface area contributed by atoms with E-state index >= 15 is 0 Å². The zero-order chi connectivity index (χ0) is 11.1. The Hall–Kier alpha value is -0.980. The molecule has 0 unspecified atom stereocenters. The van der Waals surface area contributed by atoms with Crippen LogP contribution in [-0.2, 0) is 0 Å². The number of hydrogen-bond acceptors (Lipinski definition) is 1. The fourth-order valence-electron chi connectivity index (χ4n) is 1.18. The van der Waals surface area contributed by atoms with Gasteiger partial charge in [0.1, 0.15) is 0 Å². The molecule has 0 bridgehead atoms. The fraction of sp³-hybridized carbons (Fsp3) is 0.538. The SMILES string of the molecule is C=C/C=C\C(=C(\C)CC)N(C)C(C)C. The molecule has 0 aliphatic heterocycles. The van der Waals surface area contributed by atoms with E-state index in [2.05, 4.69) is 52.3 Å². The Morgan fingerprint density at radius 2 is 2.00 bits per heavy atom. The van der Waals surface area contributed by atoms with E-state index in [9.17, 15) is 0 Å². The van der Waals surface area contributed by atoms with Crippen LogP contribution in [0.4, 0.5) is 0 Å². The number of allylic oxidation sites excluding steroid dienone is 4. The normalized spacial score (nSPS) is 13.3. The summed E-state index contributed by atoms with van der Waals surface area (Å²) in [4.78, 5) is 2.29. The van der Waals surface area contributed by atoms with E-state index in [1.54, 1.807) is 0 Å². The average Bonchev–Trinajstić information content (AvgIpc) is 2.17. The van der Waals surface area contributed by atoms with Crippen molar-refractivity contribution in [1.82, 2.24) is 4.90 Å². The summed E-state index contributed by atoms with van der Waals surface area (Å²) in [5, 5.41) is 0. The van der Waals surface area contributed by atoms with Crippen LogP contribution in [0.3, 0.4) is 0 Å². The Morgan fingerprint density at radius 1 is 1.43 bits per heavy atom. The standard InChI is InChI=1S/C13H23N/c1-7-9-10-13(12(5)8-2)14(6)11(3)4/h7,9-11H,1,8H2,2-6H3/b10-9-,13-12+. The molecular formula is C13H23N. The molecule has 80 valence electrons. The Kier molecular flexibility index (Phi) is 6.02. The van der Waals surface area contributed by atoms with Crippen LogP contribution in [0.1, 0.15) is 34.1 Å². The van der Waals surface area contributed by atoms with Crippen LogP contribution >= 0.6 is 0 Å². The van der Waals surface area contributed by atoms with Crippen LogP contribution < -0.4 is 0 Å². The van der Waals surface area contributed by atoms with E-state index in [4.69, 9.17) is 0 Å². The highest BCUT2D eigenvalue weighted by molar-refractivity contribution is 5.25. The van der Waals surface area contributed by atoms with Crippen molar-refractivity contribution >= 4 is 0 Å². The molecule has 0 aromatic heterocycles. The minimum absolute atomic E-state index is 0.529. The maximum atomic E-state index is 3.69. The molecule has 0 radical (unpaired) electrons. The first-order valence-electron chi connectivity index (χ1n) is 5.26. The van der Waals surface area contributed by atoms with Gasteiger partial charge in [-0.25, -0.2) is 0 Å². The van der Waals surface area contributed by atoms with Gasteiger partial charge >= 0.3 is 0 Å². The molecule has 0 heterocycles. The first-order chi connectivity index (χ1) is 6.54. The lowest BCUT2D eigenvalue weighted by atomic mass is 10.1. The summed E-state index contributed by atoms with van der Waals surface area (Å²) < 4.78 is 0. The molecule has 0 spiro atoms. The van der Waals surface area contributed by atoms with Gasteiger partial charge in [-0.15, -0.1) is 0 Å². The number of likely N-dealkylation sites (N-methyl/N-ethyl adjacent to an activating group) is 1. The monoisotopic (exact) mass is 193 g/mol. The summed E-state index contributed by atoms with van der Waals surface area (Å²) in [5.74, 6) is 0. The molecule has 0 aliphatic carbocycles. The molecule has 0 saturated carbocycles. The van der Waals surface area contributed by atoms with E-state index in [1.807, 2.05) is 12.2 Å². The number of hydrogen-bond donors (Lipinski definition) is 0. The highest BCUT2D eigenvalue weighted by atomic mass is 15.1. The van der Waals surface area contributed by atoms with Crippen LogP contribution in [0.15, 0.2) is 36.1 Å². The maximum Gasteiger partial charge on any atom is 0.0354 e. The molecular weight excluding hydrogens is 170 g/mol. The van der Waals surface area contributed by atoms with Gasteiger partial charge in [0.05, 0.1) is 0 Å². The zero-order valence-electron chi connectivity index (χ0n) is 10.2. The topological polar surface area (TPSA) is 3.24 Å². The lowest BCUT2D eigenvalue weighted by Gasteiger charge is -2.26. The molecule has 0 amide bonds. The molecule has 0 aromatic carbocycles. The van der Waals surface area contributed by atoms with E-state index < -0.39 is 0 Å². The van der Waals surface area contributed by atoms with E-state index in [0.29, 0.717) is 6.04 Å². The smallest absolute Gasteiger partial charge is 0.0354 e. The average molecular weight is 193 g/mol. The first-order valence-corrected chi connectivity index (χ1v) is 5.26. The third-order valence-electron chi connectivity index (χ3n) is 2.51. The lowest BCUT2D eigenvalue weighted by molar-refractivity contribution is 0.350.